The Bertz CT molecular complexity index is 470. The van der Waals surface area contributed by atoms with E-state index in [2.05, 4.69) is 28.3 Å². The number of halogens is 1. The summed E-state index contributed by atoms with van der Waals surface area (Å²) in [7, 11) is 2.14. The fraction of sp³-hybridized carbons (Fsp3) is 0.562. The van der Waals surface area contributed by atoms with E-state index in [4.69, 9.17) is 0 Å². The normalized spacial score (nSPS) is 17.8. The smallest absolute Gasteiger partial charge is 0.279 e. The predicted molar refractivity (Wildman–Crippen MR) is 86.1 cm³/mol. The molecule has 4 heteroatoms. The quantitative estimate of drug-likeness (QED) is 0.868. The van der Waals surface area contributed by atoms with Crippen LogP contribution < -0.4 is 10.2 Å². The maximum Gasteiger partial charge on any atom is 0.279 e. The van der Waals surface area contributed by atoms with Crippen molar-refractivity contribution in [2.24, 2.45) is 0 Å². The molecule has 20 heavy (non-hydrogen) atoms. The van der Waals surface area contributed by atoms with Gasteiger partial charge in [-0.25, -0.2) is 0 Å². The highest BCUT2D eigenvalue weighted by atomic mass is 79.9. The fourth-order valence-corrected chi connectivity index (χ4v) is 3.25. The van der Waals surface area contributed by atoms with Gasteiger partial charge in [-0.2, -0.15) is 0 Å². The molecule has 0 bridgehead atoms. The number of carbonyl (C=O) groups excluding carboxylic acids is 1. The number of hydrogen-bond donors (Lipinski definition) is 2. The third kappa shape index (κ3) is 4.32. The predicted octanol–water partition coefficient (Wildman–Crippen LogP) is 2.54. The second kappa shape index (κ2) is 7.23. The zero-order chi connectivity index (χ0) is 14.5. The van der Waals surface area contributed by atoms with Crippen LogP contribution in [0.5, 0.6) is 0 Å². The van der Waals surface area contributed by atoms with Crippen LogP contribution in [0, 0.1) is 6.92 Å². The molecule has 0 aromatic heterocycles. The summed E-state index contributed by atoms with van der Waals surface area (Å²) in [6.07, 6.45) is 6.50. The van der Waals surface area contributed by atoms with Gasteiger partial charge in [0, 0.05) is 10.2 Å². The number of carbonyl (C=O) groups is 1. The number of anilines is 1. The Kier molecular flexibility index (Phi) is 5.61. The zero-order valence-electron chi connectivity index (χ0n) is 12.3. The molecule has 1 saturated carbocycles. The highest BCUT2D eigenvalue weighted by molar-refractivity contribution is 9.10. The first kappa shape index (κ1) is 15.5. The minimum absolute atomic E-state index is 0.101. The molecule has 1 aromatic carbocycles. The number of aryl methyl sites for hydroxylation is 1. The lowest BCUT2D eigenvalue weighted by Crippen LogP contribution is -3.14. The van der Waals surface area contributed by atoms with E-state index in [1.165, 1.54) is 42.6 Å². The number of amides is 1. The van der Waals surface area contributed by atoms with Crippen molar-refractivity contribution < 1.29 is 9.69 Å². The molecular weight excluding hydrogens is 316 g/mol. The number of nitrogens with one attached hydrogen (secondary N) is 2. The van der Waals surface area contributed by atoms with Gasteiger partial charge in [-0.3, -0.25) is 4.79 Å². The molecular formula is C16H24BrN2O+. The lowest BCUT2D eigenvalue weighted by molar-refractivity contribution is -0.899. The lowest BCUT2D eigenvalue weighted by atomic mass is 9.94. The highest BCUT2D eigenvalue weighted by Gasteiger charge is 2.23. The molecule has 0 heterocycles. The van der Waals surface area contributed by atoms with E-state index in [0.29, 0.717) is 12.6 Å². The van der Waals surface area contributed by atoms with Crippen LogP contribution in [-0.4, -0.2) is 25.5 Å². The van der Waals surface area contributed by atoms with Gasteiger partial charge in [0.2, 0.25) is 0 Å². The number of benzene rings is 1. The average Bonchev–Trinajstić information content (AvgIpc) is 2.44. The van der Waals surface area contributed by atoms with Gasteiger partial charge in [0.05, 0.1) is 13.1 Å². The van der Waals surface area contributed by atoms with Crippen molar-refractivity contribution in [3.05, 3.63) is 28.2 Å². The van der Waals surface area contributed by atoms with Gasteiger partial charge >= 0.3 is 0 Å². The second-order valence-corrected chi connectivity index (χ2v) is 6.72. The molecule has 1 aromatic rings. The van der Waals surface area contributed by atoms with Crippen LogP contribution in [0.3, 0.4) is 0 Å². The minimum Gasteiger partial charge on any atom is -0.327 e. The lowest BCUT2D eigenvalue weighted by Gasteiger charge is -2.27. The highest BCUT2D eigenvalue weighted by Crippen LogP contribution is 2.20. The number of rotatable bonds is 4. The van der Waals surface area contributed by atoms with Crippen LogP contribution in [-0.2, 0) is 4.79 Å². The van der Waals surface area contributed by atoms with E-state index < -0.39 is 0 Å². The molecule has 2 N–H and O–H groups in total. The Morgan fingerprint density at radius 1 is 1.35 bits per heavy atom. The van der Waals surface area contributed by atoms with Gasteiger partial charge in [-0.15, -0.1) is 0 Å². The molecule has 1 unspecified atom stereocenters. The summed E-state index contributed by atoms with van der Waals surface area (Å²) in [4.78, 5) is 13.5. The Morgan fingerprint density at radius 2 is 2.05 bits per heavy atom. The average molecular weight is 340 g/mol. The van der Waals surface area contributed by atoms with Crippen LogP contribution in [0.25, 0.3) is 0 Å². The Morgan fingerprint density at radius 3 is 2.70 bits per heavy atom. The first-order chi connectivity index (χ1) is 9.56. The van der Waals surface area contributed by atoms with Crippen molar-refractivity contribution in [1.82, 2.24) is 0 Å². The molecule has 0 saturated heterocycles. The van der Waals surface area contributed by atoms with Crippen molar-refractivity contribution in [3.8, 4) is 0 Å². The van der Waals surface area contributed by atoms with E-state index in [1.807, 2.05) is 25.1 Å². The summed E-state index contributed by atoms with van der Waals surface area (Å²) in [5.74, 6) is 0.101. The van der Waals surface area contributed by atoms with Crippen LogP contribution in [0.4, 0.5) is 5.69 Å². The molecule has 1 aliphatic rings. The summed E-state index contributed by atoms with van der Waals surface area (Å²) < 4.78 is 1.03. The van der Waals surface area contributed by atoms with Crippen molar-refractivity contribution in [1.29, 1.82) is 0 Å². The van der Waals surface area contributed by atoms with Crippen molar-refractivity contribution in [3.63, 3.8) is 0 Å². The third-order valence-corrected chi connectivity index (χ3v) is 5.05. The van der Waals surface area contributed by atoms with E-state index >= 15 is 0 Å². The summed E-state index contributed by atoms with van der Waals surface area (Å²) in [5, 5.41) is 2.99. The molecule has 0 aliphatic heterocycles. The maximum atomic E-state index is 12.1. The van der Waals surface area contributed by atoms with Crippen molar-refractivity contribution in [2.45, 2.75) is 45.1 Å². The van der Waals surface area contributed by atoms with E-state index in [-0.39, 0.29) is 5.91 Å². The van der Waals surface area contributed by atoms with Gasteiger partial charge in [-0.05, 0) is 50.3 Å². The van der Waals surface area contributed by atoms with Crippen molar-refractivity contribution >= 4 is 27.5 Å². The van der Waals surface area contributed by atoms with E-state index in [9.17, 15) is 4.79 Å². The van der Waals surface area contributed by atoms with Crippen LogP contribution in [0.1, 0.15) is 37.7 Å². The zero-order valence-corrected chi connectivity index (χ0v) is 13.9. The summed E-state index contributed by atoms with van der Waals surface area (Å²) in [6.45, 7) is 2.59. The Labute approximate surface area is 129 Å². The molecule has 3 nitrogen and oxygen atoms in total. The molecule has 110 valence electrons. The van der Waals surface area contributed by atoms with Crippen LogP contribution >= 0.6 is 15.9 Å². The fourth-order valence-electron chi connectivity index (χ4n) is 2.87. The van der Waals surface area contributed by atoms with Crippen LogP contribution in [0.15, 0.2) is 22.7 Å². The maximum absolute atomic E-state index is 12.1. The molecule has 1 amide bonds. The standard InChI is InChI=1S/C16H23BrN2O/c1-12-8-9-13(10-15(12)17)18-16(20)11-19(2)14-6-4-3-5-7-14/h8-10,14H,3-7,11H2,1-2H3,(H,18,20)/p+1. The molecule has 1 atom stereocenters. The molecule has 0 radical (unpaired) electrons. The minimum atomic E-state index is 0.101. The largest absolute Gasteiger partial charge is 0.327 e. The topological polar surface area (TPSA) is 33.5 Å². The molecule has 2 rings (SSSR count). The monoisotopic (exact) mass is 339 g/mol. The van der Waals surface area contributed by atoms with Crippen molar-refractivity contribution in [2.75, 3.05) is 18.9 Å². The van der Waals surface area contributed by atoms with E-state index in [1.54, 1.807) is 0 Å². The Hall–Kier alpha value is -0.870. The molecule has 1 aliphatic carbocycles. The molecule has 0 spiro atoms. The van der Waals surface area contributed by atoms with Gasteiger partial charge in [0.1, 0.15) is 0 Å². The van der Waals surface area contributed by atoms with E-state index in [0.717, 1.165) is 10.2 Å². The number of hydrogen-bond acceptors (Lipinski definition) is 1. The summed E-state index contributed by atoms with van der Waals surface area (Å²) in [5.41, 5.74) is 2.04. The number of likely N-dealkylation sites (N-methyl/N-ethyl adjacent to an activating group) is 1. The number of quaternary nitrogens is 1. The van der Waals surface area contributed by atoms with Gasteiger partial charge in [0.15, 0.2) is 6.54 Å². The second-order valence-electron chi connectivity index (χ2n) is 5.87. The van der Waals surface area contributed by atoms with Gasteiger partial charge < -0.3 is 10.2 Å². The first-order valence-electron chi connectivity index (χ1n) is 7.44. The molecule has 1 fully saturated rings. The van der Waals surface area contributed by atoms with Gasteiger partial charge in [-0.1, -0.05) is 28.4 Å². The summed E-state index contributed by atoms with van der Waals surface area (Å²) in [6, 6.07) is 6.58. The first-order valence-corrected chi connectivity index (χ1v) is 8.24. The van der Waals surface area contributed by atoms with Gasteiger partial charge in [0.25, 0.3) is 5.91 Å². The SMILES string of the molecule is Cc1ccc(NC(=O)C[NH+](C)C2CCCCC2)cc1Br. The summed E-state index contributed by atoms with van der Waals surface area (Å²) >= 11 is 3.49. The Balaban J connectivity index is 1.86. The van der Waals surface area contributed by atoms with Crippen LogP contribution in [0.2, 0.25) is 0 Å². The third-order valence-electron chi connectivity index (χ3n) is 4.20.